The minimum Gasteiger partial charge on any atom is -0.363 e. The molecule has 0 aliphatic carbocycles. The molecule has 1 saturated heterocycles. The van der Waals surface area contributed by atoms with Crippen molar-refractivity contribution in [2.45, 2.75) is 4.90 Å². The van der Waals surface area contributed by atoms with Crippen molar-refractivity contribution in [2.75, 3.05) is 31.1 Å². The van der Waals surface area contributed by atoms with Gasteiger partial charge in [-0.2, -0.15) is 4.31 Å². The smallest absolute Gasteiger partial charge is 0.293 e. The summed E-state index contributed by atoms with van der Waals surface area (Å²) in [4.78, 5) is 25.7. The van der Waals surface area contributed by atoms with Crippen LogP contribution in [0.1, 0.15) is 15.9 Å². The van der Waals surface area contributed by atoms with Crippen molar-refractivity contribution in [3.05, 3.63) is 99.1 Å². The summed E-state index contributed by atoms with van der Waals surface area (Å²) in [5, 5.41) is 11.9. The van der Waals surface area contributed by atoms with Crippen molar-refractivity contribution in [1.29, 1.82) is 0 Å². The fourth-order valence-corrected chi connectivity index (χ4v) is 5.71. The number of nitrogens with zero attached hydrogens (tertiary/aromatic N) is 3. The van der Waals surface area contributed by atoms with Gasteiger partial charge in [0, 0.05) is 43.4 Å². The van der Waals surface area contributed by atoms with Gasteiger partial charge in [0.25, 0.3) is 5.69 Å². The van der Waals surface area contributed by atoms with Crippen molar-refractivity contribution in [3.63, 3.8) is 0 Å². The average Bonchev–Trinajstić information content (AvgIpc) is 2.84. The van der Waals surface area contributed by atoms with Gasteiger partial charge in [-0.3, -0.25) is 14.9 Å². The van der Waals surface area contributed by atoms with Crippen LogP contribution >= 0.6 is 11.6 Å². The van der Waals surface area contributed by atoms with Crippen molar-refractivity contribution >= 4 is 38.8 Å². The van der Waals surface area contributed by atoms with Gasteiger partial charge in [0.05, 0.1) is 9.95 Å². The number of carbonyl (C=O) groups is 1. The Morgan fingerprint density at radius 3 is 2.15 bits per heavy atom. The largest absolute Gasteiger partial charge is 0.363 e. The van der Waals surface area contributed by atoms with Gasteiger partial charge < -0.3 is 4.90 Å². The Hall–Kier alpha value is -3.27. The number of hydrogen-bond donors (Lipinski definition) is 0. The molecule has 10 heteroatoms. The van der Waals surface area contributed by atoms with Crippen LogP contribution in [0.4, 0.5) is 11.4 Å². The Morgan fingerprint density at radius 1 is 0.879 bits per heavy atom. The van der Waals surface area contributed by atoms with Crippen LogP contribution in [0.3, 0.4) is 0 Å². The third-order valence-corrected chi connectivity index (χ3v) is 7.90. The highest BCUT2D eigenvalue weighted by Crippen LogP contribution is 2.32. The second kappa shape index (κ2) is 9.30. The SMILES string of the molecule is O=C(c1ccccc1)c1ccc(N2CCN(S(=O)(=O)c3ccccc3Cl)CC2)c([N+](=O)[O-])c1. The highest BCUT2D eigenvalue weighted by atomic mass is 35.5. The zero-order valence-electron chi connectivity index (χ0n) is 17.4. The van der Waals surface area contributed by atoms with Gasteiger partial charge in [-0.1, -0.05) is 54.1 Å². The van der Waals surface area contributed by atoms with Crippen LogP contribution in [0.25, 0.3) is 0 Å². The van der Waals surface area contributed by atoms with E-state index in [-0.39, 0.29) is 53.1 Å². The lowest BCUT2D eigenvalue weighted by Gasteiger charge is -2.35. The number of piperazine rings is 1. The molecule has 1 aliphatic rings. The van der Waals surface area contributed by atoms with Crippen LogP contribution in [0.15, 0.2) is 77.7 Å². The quantitative estimate of drug-likeness (QED) is 0.297. The van der Waals surface area contributed by atoms with E-state index < -0.39 is 14.9 Å². The van der Waals surface area contributed by atoms with Crippen molar-refractivity contribution in [2.24, 2.45) is 0 Å². The minimum atomic E-state index is -3.78. The number of sulfonamides is 1. The van der Waals surface area contributed by atoms with E-state index in [2.05, 4.69) is 0 Å². The van der Waals surface area contributed by atoms with Crippen molar-refractivity contribution in [1.82, 2.24) is 4.31 Å². The number of nitro groups is 1. The van der Waals surface area contributed by atoms with Crippen LogP contribution in [-0.2, 0) is 10.0 Å². The van der Waals surface area contributed by atoms with Gasteiger partial charge in [-0.05, 0) is 24.3 Å². The molecule has 0 unspecified atom stereocenters. The van der Waals surface area contributed by atoms with Gasteiger partial charge in [0.15, 0.2) is 5.78 Å². The lowest BCUT2D eigenvalue weighted by Crippen LogP contribution is -2.48. The van der Waals surface area contributed by atoms with E-state index in [9.17, 15) is 23.3 Å². The summed E-state index contributed by atoms with van der Waals surface area (Å²) in [5.74, 6) is -0.305. The number of carbonyl (C=O) groups excluding carboxylic acids is 1. The highest BCUT2D eigenvalue weighted by molar-refractivity contribution is 7.89. The molecule has 170 valence electrons. The lowest BCUT2D eigenvalue weighted by atomic mass is 10.0. The molecule has 0 spiro atoms. The number of halogens is 1. The standard InChI is InChI=1S/C23H20ClN3O5S/c24-19-8-4-5-9-22(19)33(31,32)26-14-12-25(13-15-26)20-11-10-18(16-21(20)27(29)30)23(28)17-6-2-1-3-7-17/h1-11,16H,12-15H2. The summed E-state index contributed by atoms with van der Waals surface area (Å²) < 4.78 is 27.2. The first-order valence-electron chi connectivity index (χ1n) is 10.2. The molecular formula is C23H20ClN3O5S. The molecule has 1 aliphatic heterocycles. The summed E-state index contributed by atoms with van der Waals surface area (Å²) in [6.07, 6.45) is 0. The van der Waals surface area contributed by atoms with E-state index >= 15 is 0 Å². The Labute approximate surface area is 196 Å². The van der Waals surface area contributed by atoms with E-state index in [1.807, 2.05) is 0 Å². The molecule has 0 bridgehead atoms. The van der Waals surface area contributed by atoms with Gasteiger partial charge >= 0.3 is 0 Å². The second-order valence-electron chi connectivity index (χ2n) is 7.48. The molecular weight excluding hydrogens is 466 g/mol. The maximum Gasteiger partial charge on any atom is 0.293 e. The third kappa shape index (κ3) is 4.61. The number of hydrogen-bond acceptors (Lipinski definition) is 6. The van der Waals surface area contributed by atoms with Gasteiger partial charge in [0.2, 0.25) is 10.0 Å². The molecule has 33 heavy (non-hydrogen) atoms. The first-order chi connectivity index (χ1) is 15.8. The van der Waals surface area contributed by atoms with E-state index in [0.717, 1.165) is 0 Å². The Bertz CT molecular complexity index is 1310. The summed E-state index contributed by atoms with van der Waals surface area (Å²) >= 11 is 6.07. The fraction of sp³-hybridized carbons (Fsp3) is 0.174. The number of ketones is 1. The van der Waals surface area contributed by atoms with Crippen molar-refractivity contribution in [3.8, 4) is 0 Å². The molecule has 0 atom stereocenters. The van der Waals surface area contributed by atoms with Crippen molar-refractivity contribution < 1.29 is 18.1 Å². The molecule has 1 fully saturated rings. The van der Waals surface area contributed by atoms with Crippen LogP contribution < -0.4 is 4.90 Å². The third-order valence-electron chi connectivity index (χ3n) is 5.50. The molecule has 1 heterocycles. The topological polar surface area (TPSA) is 101 Å². The molecule has 3 aromatic rings. The molecule has 0 aromatic heterocycles. The van der Waals surface area contributed by atoms with E-state index in [4.69, 9.17) is 11.6 Å². The monoisotopic (exact) mass is 485 g/mol. The Balaban J connectivity index is 1.55. The summed E-state index contributed by atoms with van der Waals surface area (Å²) in [5.41, 5.74) is 0.813. The van der Waals surface area contributed by atoms with Crippen LogP contribution in [0.5, 0.6) is 0 Å². The molecule has 4 rings (SSSR count). The van der Waals surface area contributed by atoms with E-state index in [1.54, 1.807) is 59.5 Å². The molecule has 0 radical (unpaired) electrons. The zero-order valence-corrected chi connectivity index (χ0v) is 19.0. The second-order valence-corrected chi connectivity index (χ2v) is 9.79. The minimum absolute atomic E-state index is 0.0369. The zero-order chi connectivity index (χ0) is 23.6. The van der Waals surface area contributed by atoms with Crippen LogP contribution in [-0.4, -0.2) is 49.6 Å². The summed E-state index contributed by atoms with van der Waals surface area (Å²) in [7, 11) is -3.78. The predicted octanol–water partition coefficient (Wildman–Crippen LogP) is 3.99. The lowest BCUT2D eigenvalue weighted by molar-refractivity contribution is -0.384. The van der Waals surface area contributed by atoms with Gasteiger partial charge in [-0.15, -0.1) is 0 Å². The number of rotatable bonds is 6. The normalized spacial score (nSPS) is 14.8. The summed E-state index contributed by atoms with van der Waals surface area (Å²) in [6.45, 7) is 0.817. The van der Waals surface area contributed by atoms with Crippen LogP contribution in [0.2, 0.25) is 5.02 Å². The number of nitro benzene ring substituents is 1. The maximum absolute atomic E-state index is 13.0. The number of anilines is 1. The molecule has 3 aromatic carbocycles. The van der Waals surface area contributed by atoms with Crippen LogP contribution in [0, 0.1) is 10.1 Å². The Kier molecular flexibility index (Phi) is 6.46. The van der Waals surface area contributed by atoms with Gasteiger partial charge in [0.1, 0.15) is 10.6 Å². The Morgan fingerprint density at radius 2 is 1.52 bits per heavy atom. The molecule has 0 saturated carbocycles. The highest BCUT2D eigenvalue weighted by Gasteiger charge is 2.32. The number of benzene rings is 3. The first kappa shape index (κ1) is 22.9. The fourth-order valence-electron chi connectivity index (χ4n) is 3.80. The molecule has 0 N–H and O–H groups in total. The average molecular weight is 486 g/mol. The van der Waals surface area contributed by atoms with Gasteiger partial charge in [-0.25, -0.2) is 8.42 Å². The van der Waals surface area contributed by atoms with E-state index in [0.29, 0.717) is 11.3 Å². The van der Waals surface area contributed by atoms with E-state index in [1.165, 1.54) is 22.5 Å². The summed E-state index contributed by atoms with van der Waals surface area (Å²) in [6, 6.07) is 19.2. The molecule has 8 nitrogen and oxygen atoms in total. The first-order valence-corrected chi connectivity index (χ1v) is 12.0. The maximum atomic E-state index is 13.0. The predicted molar refractivity (Wildman–Crippen MR) is 125 cm³/mol. The molecule has 0 amide bonds.